The van der Waals surface area contributed by atoms with Gasteiger partial charge in [-0.1, -0.05) is 26.0 Å². The normalized spacial score (nSPS) is 10.5. The second-order valence-electron chi connectivity index (χ2n) is 4.71. The van der Waals surface area contributed by atoms with E-state index in [1.807, 2.05) is 13.8 Å². The number of carbonyl (C=O) groups excluding carboxylic acids is 1. The number of aromatic amines is 1. The minimum Gasteiger partial charge on any atom is -0.348 e. The van der Waals surface area contributed by atoms with Crippen molar-refractivity contribution in [1.82, 2.24) is 15.3 Å². The first-order valence-electron chi connectivity index (χ1n) is 5.86. The van der Waals surface area contributed by atoms with Crippen LogP contribution in [0, 0.1) is 6.92 Å². The minimum atomic E-state index is -0.417. The molecule has 5 heteroatoms. The second-order valence-corrected chi connectivity index (χ2v) is 4.71. The molecular formula is C13H19N3O2. The predicted molar refractivity (Wildman–Crippen MR) is 70.8 cm³/mol. The third-order valence-corrected chi connectivity index (χ3v) is 2.44. The number of hydrogen-bond acceptors (Lipinski definition) is 3. The number of aryl methyl sites for hydroxylation is 1. The number of aromatic nitrogens is 2. The molecule has 18 heavy (non-hydrogen) atoms. The van der Waals surface area contributed by atoms with Gasteiger partial charge in [0.2, 0.25) is 0 Å². The van der Waals surface area contributed by atoms with Crippen LogP contribution in [0.3, 0.4) is 0 Å². The SMILES string of the molecule is C=C(C)CNC(=O)c1c(C)nc(C(C)C)[nH]c1=O. The Hall–Kier alpha value is -1.91. The van der Waals surface area contributed by atoms with Crippen molar-refractivity contribution >= 4 is 5.91 Å². The molecule has 2 N–H and O–H groups in total. The average molecular weight is 249 g/mol. The fourth-order valence-electron chi connectivity index (χ4n) is 1.47. The van der Waals surface area contributed by atoms with E-state index >= 15 is 0 Å². The van der Waals surface area contributed by atoms with Gasteiger partial charge in [0.15, 0.2) is 0 Å². The maximum atomic E-state index is 11.9. The molecule has 0 aliphatic rings. The Labute approximate surface area is 106 Å². The molecule has 0 aliphatic carbocycles. The Morgan fingerprint density at radius 1 is 1.50 bits per heavy atom. The Balaban J connectivity index is 3.07. The van der Waals surface area contributed by atoms with E-state index in [9.17, 15) is 9.59 Å². The Kier molecular flexibility index (Phi) is 4.42. The summed E-state index contributed by atoms with van der Waals surface area (Å²) in [6.07, 6.45) is 0. The van der Waals surface area contributed by atoms with Crippen LogP contribution in [0.1, 0.15) is 48.6 Å². The van der Waals surface area contributed by atoms with Crippen molar-refractivity contribution in [2.75, 3.05) is 6.54 Å². The van der Waals surface area contributed by atoms with Crippen molar-refractivity contribution in [3.63, 3.8) is 0 Å². The topological polar surface area (TPSA) is 74.8 Å². The first-order chi connectivity index (χ1) is 8.32. The zero-order valence-electron chi connectivity index (χ0n) is 11.3. The number of hydrogen-bond donors (Lipinski definition) is 2. The molecule has 0 spiro atoms. The quantitative estimate of drug-likeness (QED) is 0.794. The minimum absolute atomic E-state index is 0.0700. The van der Waals surface area contributed by atoms with E-state index in [1.54, 1.807) is 13.8 Å². The third kappa shape index (κ3) is 3.29. The second kappa shape index (κ2) is 5.62. The van der Waals surface area contributed by atoms with Gasteiger partial charge in [-0.2, -0.15) is 0 Å². The van der Waals surface area contributed by atoms with Crippen LogP contribution in [0.4, 0.5) is 0 Å². The van der Waals surface area contributed by atoms with Crippen LogP contribution in [0.2, 0.25) is 0 Å². The molecule has 0 saturated carbocycles. The Morgan fingerprint density at radius 3 is 2.56 bits per heavy atom. The van der Waals surface area contributed by atoms with Crippen molar-refractivity contribution < 1.29 is 4.79 Å². The summed E-state index contributed by atoms with van der Waals surface area (Å²) in [4.78, 5) is 30.6. The molecular weight excluding hydrogens is 230 g/mol. The van der Waals surface area contributed by atoms with Gasteiger partial charge in [-0.15, -0.1) is 0 Å². The fourth-order valence-corrected chi connectivity index (χ4v) is 1.47. The molecule has 0 radical (unpaired) electrons. The molecule has 1 aromatic rings. The maximum absolute atomic E-state index is 11.9. The molecule has 1 rings (SSSR count). The number of nitrogens with one attached hydrogen (secondary N) is 2. The molecule has 1 heterocycles. The van der Waals surface area contributed by atoms with Crippen molar-refractivity contribution in [2.45, 2.75) is 33.6 Å². The lowest BCUT2D eigenvalue weighted by molar-refractivity contribution is 0.0954. The lowest BCUT2D eigenvalue weighted by Gasteiger charge is -2.09. The van der Waals surface area contributed by atoms with Gasteiger partial charge >= 0.3 is 0 Å². The van der Waals surface area contributed by atoms with Gasteiger partial charge in [0.25, 0.3) is 11.5 Å². The summed E-state index contributed by atoms with van der Waals surface area (Å²) in [6.45, 7) is 11.4. The zero-order valence-corrected chi connectivity index (χ0v) is 11.3. The van der Waals surface area contributed by atoms with E-state index in [2.05, 4.69) is 21.9 Å². The van der Waals surface area contributed by atoms with Gasteiger partial charge < -0.3 is 10.3 Å². The largest absolute Gasteiger partial charge is 0.348 e. The van der Waals surface area contributed by atoms with E-state index < -0.39 is 11.5 Å². The number of carbonyl (C=O) groups is 1. The fraction of sp³-hybridized carbons (Fsp3) is 0.462. The van der Waals surface area contributed by atoms with E-state index in [4.69, 9.17) is 0 Å². The van der Waals surface area contributed by atoms with Crippen LogP contribution < -0.4 is 10.9 Å². The first kappa shape index (κ1) is 14.2. The van der Waals surface area contributed by atoms with E-state index in [0.717, 1.165) is 5.57 Å². The molecule has 98 valence electrons. The molecule has 0 unspecified atom stereocenters. The zero-order chi connectivity index (χ0) is 13.9. The van der Waals surface area contributed by atoms with Crippen LogP contribution >= 0.6 is 0 Å². The highest BCUT2D eigenvalue weighted by molar-refractivity contribution is 5.94. The van der Waals surface area contributed by atoms with Crippen molar-refractivity contribution in [3.8, 4) is 0 Å². The summed E-state index contributed by atoms with van der Waals surface area (Å²) < 4.78 is 0. The van der Waals surface area contributed by atoms with Gasteiger partial charge in [0.1, 0.15) is 11.4 Å². The molecule has 5 nitrogen and oxygen atoms in total. The number of nitrogens with zero attached hydrogens (tertiary/aromatic N) is 1. The Bertz CT molecular complexity index is 530. The predicted octanol–water partition coefficient (Wildman–Crippen LogP) is 1.51. The van der Waals surface area contributed by atoms with Gasteiger partial charge in [-0.05, 0) is 13.8 Å². The summed E-state index contributed by atoms with van der Waals surface area (Å²) in [5, 5.41) is 2.63. The van der Waals surface area contributed by atoms with Crippen LogP contribution in [0.15, 0.2) is 16.9 Å². The molecule has 0 aromatic carbocycles. The molecule has 1 aromatic heterocycles. The summed E-state index contributed by atoms with van der Waals surface area (Å²) in [5.41, 5.74) is 0.942. The highest BCUT2D eigenvalue weighted by Gasteiger charge is 2.16. The van der Waals surface area contributed by atoms with Crippen LogP contribution in [0.5, 0.6) is 0 Å². The lowest BCUT2D eigenvalue weighted by Crippen LogP contribution is -2.33. The highest BCUT2D eigenvalue weighted by Crippen LogP contribution is 2.08. The standard InChI is InChI=1S/C13H19N3O2/c1-7(2)6-14-12(17)10-9(5)15-11(8(3)4)16-13(10)18/h8H,1,6H2,2-5H3,(H,14,17)(H,15,16,18). The van der Waals surface area contributed by atoms with Gasteiger partial charge in [-0.3, -0.25) is 9.59 Å². The van der Waals surface area contributed by atoms with Crippen molar-refractivity contribution in [2.24, 2.45) is 0 Å². The van der Waals surface area contributed by atoms with Gasteiger partial charge in [0.05, 0.1) is 5.69 Å². The lowest BCUT2D eigenvalue weighted by atomic mass is 10.1. The number of H-pyrrole nitrogens is 1. The van der Waals surface area contributed by atoms with E-state index in [-0.39, 0.29) is 11.5 Å². The van der Waals surface area contributed by atoms with Crippen LogP contribution in [0.25, 0.3) is 0 Å². The smallest absolute Gasteiger partial charge is 0.264 e. The van der Waals surface area contributed by atoms with Crippen LogP contribution in [-0.4, -0.2) is 22.4 Å². The molecule has 0 saturated heterocycles. The Morgan fingerprint density at radius 2 is 2.11 bits per heavy atom. The number of amides is 1. The highest BCUT2D eigenvalue weighted by atomic mass is 16.2. The summed E-state index contributed by atoms with van der Waals surface area (Å²) in [5.74, 6) is 0.289. The maximum Gasteiger partial charge on any atom is 0.264 e. The monoisotopic (exact) mass is 249 g/mol. The summed E-state index contributed by atoms with van der Waals surface area (Å²) in [6, 6.07) is 0. The summed E-state index contributed by atoms with van der Waals surface area (Å²) >= 11 is 0. The average Bonchev–Trinajstić information content (AvgIpc) is 2.25. The van der Waals surface area contributed by atoms with Gasteiger partial charge in [-0.25, -0.2) is 4.98 Å². The van der Waals surface area contributed by atoms with Gasteiger partial charge in [0, 0.05) is 12.5 Å². The van der Waals surface area contributed by atoms with E-state index in [0.29, 0.717) is 18.1 Å². The van der Waals surface area contributed by atoms with Crippen molar-refractivity contribution in [3.05, 3.63) is 39.6 Å². The van der Waals surface area contributed by atoms with Crippen LogP contribution in [-0.2, 0) is 0 Å². The molecule has 0 bridgehead atoms. The molecule has 0 fully saturated rings. The van der Waals surface area contributed by atoms with Crippen molar-refractivity contribution in [1.29, 1.82) is 0 Å². The summed E-state index contributed by atoms with van der Waals surface area (Å²) in [7, 11) is 0. The molecule has 0 aliphatic heterocycles. The molecule has 1 amide bonds. The van der Waals surface area contributed by atoms with E-state index in [1.165, 1.54) is 0 Å². The third-order valence-electron chi connectivity index (χ3n) is 2.44. The molecule has 0 atom stereocenters. The first-order valence-corrected chi connectivity index (χ1v) is 5.86. The number of rotatable bonds is 4.